The van der Waals surface area contributed by atoms with Crippen LogP contribution in [0.15, 0.2) is 41.0 Å². The molecule has 0 aliphatic heterocycles. The van der Waals surface area contributed by atoms with Crippen LogP contribution >= 0.6 is 0 Å². The van der Waals surface area contributed by atoms with Gasteiger partial charge in [-0.15, -0.1) is 0 Å². The molecule has 0 spiro atoms. The van der Waals surface area contributed by atoms with Crippen molar-refractivity contribution in [2.45, 2.75) is 26.9 Å². The van der Waals surface area contributed by atoms with Crippen LogP contribution < -0.4 is 4.74 Å². The number of esters is 1. The third-order valence-electron chi connectivity index (χ3n) is 4.22. The first-order chi connectivity index (χ1) is 12.0. The van der Waals surface area contributed by atoms with Crippen molar-refractivity contribution in [3.05, 3.63) is 64.7 Å². The highest BCUT2D eigenvalue weighted by Crippen LogP contribution is 2.25. The number of benzene rings is 2. The van der Waals surface area contributed by atoms with E-state index >= 15 is 0 Å². The molecule has 25 heavy (non-hydrogen) atoms. The van der Waals surface area contributed by atoms with Gasteiger partial charge in [0.25, 0.3) is 0 Å². The Labute approximate surface area is 145 Å². The molecule has 2 aromatic carbocycles. The van der Waals surface area contributed by atoms with Crippen LogP contribution in [0.1, 0.15) is 22.3 Å². The molecule has 0 atom stereocenters. The van der Waals surface area contributed by atoms with Gasteiger partial charge in [-0.05, 0) is 54.8 Å². The molecule has 3 rings (SSSR count). The van der Waals surface area contributed by atoms with Gasteiger partial charge in [-0.3, -0.25) is 4.79 Å². The van der Waals surface area contributed by atoms with Crippen molar-refractivity contribution in [3.63, 3.8) is 0 Å². The number of furan rings is 1. The van der Waals surface area contributed by atoms with E-state index in [-0.39, 0.29) is 18.8 Å². The van der Waals surface area contributed by atoms with Crippen LogP contribution in [0.4, 0.5) is 4.39 Å². The molecule has 5 heteroatoms. The largest absolute Gasteiger partial charge is 0.494 e. The molecular formula is C20H19FO4. The fourth-order valence-corrected chi connectivity index (χ4v) is 2.64. The first-order valence-corrected chi connectivity index (χ1v) is 7.93. The van der Waals surface area contributed by atoms with E-state index in [4.69, 9.17) is 13.9 Å². The topological polar surface area (TPSA) is 48.7 Å². The van der Waals surface area contributed by atoms with Gasteiger partial charge in [0.2, 0.25) is 0 Å². The van der Waals surface area contributed by atoms with Crippen LogP contribution in [0.5, 0.6) is 5.75 Å². The zero-order valence-corrected chi connectivity index (χ0v) is 14.4. The van der Waals surface area contributed by atoms with Gasteiger partial charge in [-0.25, -0.2) is 4.39 Å². The number of carbonyl (C=O) groups excluding carboxylic acids is 1. The smallest absolute Gasteiger partial charge is 0.310 e. The van der Waals surface area contributed by atoms with E-state index < -0.39 is 11.8 Å². The van der Waals surface area contributed by atoms with Gasteiger partial charge in [-0.2, -0.15) is 0 Å². The van der Waals surface area contributed by atoms with Crippen LogP contribution in [0, 0.1) is 19.7 Å². The lowest BCUT2D eigenvalue weighted by atomic mass is 10.0. The molecule has 0 bridgehead atoms. The van der Waals surface area contributed by atoms with Crippen molar-refractivity contribution in [1.82, 2.24) is 0 Å². The molecule has 0 fully saturated rings. The first-order valence-electron chi connectivity index (χ1n) is 7.93. The zero-order chi connectivity index (χ0) is 18.0. The van der Waals surface area contributed by atoms with Crippen LogP contribution in [0.3, 0.4) is 0 Å². The molecule has 0 amide bonds. The van der Waals surface area contributed by atoms with Crippen molar-refractivity contribution in [1.29, 1.82) is 0 Å². The molecule has 1 heterocycles. The van der Waals surface area contributed by atoms with E-state index in [1.807, 2.05) is 26.0 Å². The average molecular weight is 342 g/mol. The summed E-state index contributed by atoms with van der Waals surface area (Å²) in [7, 11) is 1.40. The average Bonchev–Trinajstić information content (AvgIpc) is 2.95. The van der Waals surface area contributed by atoms with E-state index in [0.29, 0.717) is 5.56 Å². The van der Waals surface area contributed by atoms with Crippen LogP contribution in [0.2, 0.25) is 0 Å². The lowest BCUT2D eigenvalue weighted by Crippen LogP contribution is -2.08. The normalized spacial score (nSPS) is 10.9. The summed E-state index contributed by atoms with van der Waals surface area (Å²) in [5, 5.41) is 0.913. The SMILES string of the molecule is COc1ccc(COC(=O)Cc2coc3cc(C)c(C)cc23)cc1F. The maximum absolute atomic E-state index is 13.6. The molecule has 4 nitrogen and oxygen atoms in total. The van der Waals surface area contributed by atoms with Gasteiger partial charge in [0.15, 0.2) is 11.6 Å². The minimum Gasteiger partial charge on any atom is -0.494 e. The number of fused-ring (bicyclic) bond motifs is 1. The van der Waals surface area contributed by atoms with Crippen molar-refractivity contribution < 1.29 is 23.1 Å². The lowest BCUT2D eigenvalue weighted by Gasteiger charge is -2.07. The number of rotatable bonds is 5. The summed E-state index contributed by atoms with van der Waals surface area (Å²) in [6.45, 7) is 4.04. The van der Waals surface area contributed by atoms with Crippen molar-refractivity contribution in [2.75, 3.05) is 7.11 Å². The third-order valence-corrected chi connectivity index (χ3v) is 4.22. The highest BCUT2D eigenvalue weighted by atomic mass is 19.1. The van der Waals surface area contributed by atoms with Gasteiger partial charge >= 0.3 is 5.97 Å². The number of halogens is 1. The number of ether oxygens (including phenoxy) is 2. The molecule has 3 aromatic rings. The highest BCUT2D eigenvalue weighted by molar-refractivity contribution is 5.86. The Balaban J connectivity index is 1.67. The van der Waals surface area contributed by atoms with Crippen molar-refractivity contribution in [3.8, 4) is 5.75 Å². The maximum Gasteiger partial charge on any atom is 0.310 e. The second-order valence-corrected chi connectivity index (χ2v) is 6.00. The Morgan fingerprint density at radius 1 is 1.16 bits per heavy atom. The molecule has 0 unspecified atom stereocenters. The predicted molar refractivity (Wildman–Crippen MR) is 92.1 cm³/mol. The van der Waals surface area contributed by atoms with Gasteiger partial charge in [0.1, 0.15) is 12.2 Å². The summed E-state index contributed by atoms with van der Waals surface area (Å²) in [6.07, 6.45) is 1.69. The first kappa shape index (κ1) is 17.0. The maximum atomic E-state index is 13.6. The standard InChI is InChI=1S/C20H19FO4/c1-12-6-16-15(11-24-19(16)7-13(12)2)9-20(22)25-10-14-4-5-18(23-3)17(21)8-14/h4-8,11H,9-10H2,1-3H3. The minimum absolute atomic E-state index is 0.00761. The van der Waals surface area contributed by atoms with E-state index in [1.165, 1.54) is 19.2 Å². The van der Waals surface area contributed by atoms with E-state index in [0.717, 1.165) is 27.7 Å². The lowest BCUT2D eigenvalue weighted by molar-refractivity contribution is -0.144. The molecule has 0 N–H and O–H groups in total. The molecule has 0 aliphatic carbocycles. The van der Waals surface area contributed by atoms with E-state index in [1.54, 1.807) is 12.3 Å². The summed E-state index contributed by atoms with van der Waals surface area (Å²) in [5.74, 6) is -0.717. The van der Waals surface area contributed by atoms with Gasteiger partial charge in [-0.1, -0.05) is 6.07 Å². The monoisotopic (exact) mass is 342 g/mol. The second kappa shape index (κ2) is 6.97. The van der Waals surface area contributed by atoms with Crippen LogP contribution in [0.25, 0.3) is 11.0 Å². The Morgan fingerprint density at radius 3 is 2.64 bits per heavy atom. The zero-order valence-electron chi connectivity index (χ0n) is 14.4. The van der Waals surface area contributed by atoms with Crippen molar-refractivity contribution in [2.24, 2.45) is 0 Å². The Bertz CT molecular complexity index is 927. The fourth-order valence-electron chi connectivity index (χ4n) is 2.64. The van der Waals surface area contributed by atoms with E-state index in [2.05, 4.69) is 0 Å². The molecule has 0 aliphatic rings. The van der Waals surface area contributed by atoms with Crippen LogP contribution in [-0.4, -0.2) is 13.1 Å². The molecule has 1 aromatic heterocycles. The summed E-state index contributed by atoms with van der Waals surface area (Å²) in [5.41, 5.74) is 4.37. The van der Waals surface area contributed by atoms with Gasteiger partial charge in [0, 0.05) is 10.9 Å². The Hall–Kier alpha value is -2.82. The second-order valence-electron chi connectivity index (χ2n) is 6.00. The number of aryl methyl sites for hydroxylation is 2. The van der Waals surface area contributed by atoms with Gasteiger partial charge < -0.3 is 13.9 Å². The van der Waals surface area contributed by atoms with E-state index in [9.17, 15) is 9.18 Å². The quantitative estimate of drug-likeness (QED) is 0.641. The molecule has 0 radical (unpaired) electrons. The van der Waals surface area contributed by atoms with Crippen molar-refractivity contribution >= 4 is 16.9 Å². The third kappa shape index (κ3) is 3.65. The summed E-state index contributed by atoms with van der Waals surface area (Å²) < 4.78 is 29.3. The number of methoxy groups -OCH3 is 1. The number of hydrogen-bond donors (Lipinski definition) is 0. The van der Waals surface area contributed by atoms with Crippen LogP contribution in [-0.2, 0) is 22.6 Å². The predicted octanol–water partition coefficient (Wildman–Crippen LogP) is 4.48. The van der Waals surface area contributed by atoms with Gasteiger partial charge in [0.05, 0.1) is 19.8 Å². The molecule has 0 saturated heterocycles. The number of hydrogen-bond acceptors (Lipinski definition) is 4. The summed E-state index contributed by atoms with van der Waals surface area (Å²) in [4.78, 5) is 12.1. The number of carbonyl (C=O) groups is 1. The molecule has 130 valence electrons. The summed E-state index contributed by atoms with van der Waals surface area (Å²) >= 11 is 0. The minimum atomic E-state index is -0.484. The Morgan fingerprint density at radius 2 is 1.92 bits per heavy atom. The fraction of sp³-hybridized carbons (Fsp3) is 0.250. The molecule has 0 saturated carbocycles. The highest BCUT2D eigenvalue weighted by Gasteiger charge is 2.13. The Kier molecular flexibility index (Phi) is 4.74. The molecular weight excluding hydrogens is 323 g/mol. The summed E-state index contributed by atoms with van der Waals surface area (Å²) in [6, 6.07) is 8.43.